The summed E-state index contributed by atoms with van der Waals surface area (Å²) in [6.07, 6.45) is 0. The predicted octanol–water partition coefficient (Wildman–Crippen LogP) is 1.18. The minimum Gasteiger partial charge on any atom is -0.339 e. The number of hydrogen-bond acceptors (Lipinski definition) is 4. The molecule has 2 N–H and O–H groups in total. The van der Waals surface area contributed by atoms with Crippen molar-refractivity contribution in [1.29, 1.82) is 0 Å². The lowest BCUT2D eigenvalue weighted by Gasteiger charge is -2.20. The fourth-order valence-corrected chi connectivity index (χ4v) is 1.95. The van der Waals surface area contributed by atoms with Gasteiger partial charge in [-0.05, 0) is 17.4 Å². The van der Waals surface area contributed by atoms with E-state index in [4.69, 9.17) is 0 Å². The van der Waals surface area contributed by atoms with Crippen LogP contribution in [0.1, 0.15) is 23.5 Å². The smallest absolute Gasteiger partial charge is 0.266 e. The molecular formula is C11H16N2O3S. The van der Waals surface area contributed by atoms with E-state index >= 15 is 0 Å². The highest BCUT2D eigenvalue weighted by Crippen LogP contribution is 2.10. The predicted molar refractivity (Wildman–Crippen MR) is 65.6 cm³/mol. The normalized spacial score (nSPS) is 12.2. The van der Waals surface area contributed by atoms with E-state index in [-0.39, 0.29) is 17.7 Å². The molecule has 1 atom stereocenters. The van der Waals surface area contributed by atoms with Crippen molar-refractivity contribution in [1.82, 2.24) is 10.8 Å². The summed E-state index contributed by atoms with van der Waals surface area (Å²) in [6, 6.07) is 2.90. The van der Waals surface area contributed by atoms with Crippen molar-refractivity contribution in [2.45, 2.75) is 19.9 Å². The van der Waals surface area contributed by atoms with Gasteiger partial charge in [0.15, 0.2) is 0 Å². The van der Waals surface area contributed by atoms with Crippen molar-refractivity contribution in [3.63, 3.8) is 0 Å². The number of hydrogen-bond donors (Lipinski definition) is 2. The Morgan fingerprint density at radius 2 is 2.12 bits per heavy atom. The molecule has 0 aliphatic heterocycles. The van der Waals surface area contributed by atoms with Crippen molar-refractivity contribution in [2.75, 3.05) is 7.11 Å². The topological polar surface area (TPSA) is 67.4 Å². The van der Waals surface area contributed by atoms with Crippen LogP contribution in [-0.2, 0) is 9.63 Å². The standard InChI is InChI=1S/C11H16N2O3S/c1-7(2)9(11(15)13-16-3)12-10(14)8-5-4-6-17-8/h4-7,9H,1-3H3,(H,12,14)(H,13,15). The quantitative estimate of drug-likeness (QED) is 0.777. The molecule has 1 heterocycles. The van der Waals surface area contributed by atoms with Gasteiger partial charge >= 0.3 is 0 Å². The van der Waals surface area contributed by atoms with Crippen molar-refractivity contribution in [3.05, 3.63) is 22.4 Å². The summed E-state index contributed by atoms with van der Waals surface area (Å²) in [7, 11) is 1.36. The molecule has 6 heteroatoms. The number of carbonyl (C=O) groups is 2. The first kappa shape index (κ1) is 13.7. The number of rotatable bonds is 5. The summed E-state index contributed by atoms with van der Waals surface area (Å²) in [6.45, 7) is 3.71. The van der Waals surface area contributed by atoms with Crippen LogP contribution in [0.4, 0.5) is 0 Å². The lowest BCUT2D eigenvalue weighted by Crippen LogP contribution is -2.49. The largest absolute Gasteiger partial charge is 0.339 e. The van der Waals surface area contributed by atoms with Gasteiger partial charge in [-0.25, -0.2) is 5.48 Å². The average Bonchev–Trinajstić information content (AvgIpc) is 2.78. The van der Waals surface area contributed by atoms with E-state index in [2.05, 4.69) is 15.6 Å². The van der Waals surface area contributed by atoms with Gasteiger partial charge < -0.3 is 5.32 Å². The molecule has 0 aliphatic rings. The average molecular weight is 256 g/mol. The molecule has 0 aromatic carbocycles. The van der Waals surface area contributed by atoms with Crippen molar-refractivity contribution in [2.24, 2.45) is 5.92 Å². The van der Waals surface area contributed by atoms with Gasteiger partial charge in [-0.2, -0.15) is 0 Å². The van der Waals surface area contributed by atoms with Crippen molar-refractivity contribution >= 4 is 23.2 Å². The molecule has 0 spiro atoms. The third-order valence-corrected chi connectivity index (χ3v) is 3.05. The van der Waals surface area contributed by atoms with Gasteiger partial charge in [-0.1, -0.05) is 19.9 Å². The van der Waals surface area contributed by atoms with Crippen molar-refractivity contribution in [3.8, 4) is 0 Å². The second-order valence-electron chi connectivity index (χ2n) is 3.84. The SMILES string of the molecule is CONC(=O)C(NC(=O)c1cccs1)C(C)C. The van der Waals surface area contributed by atoms with Crippen LogP contribution in [0.2, 0.25) is 0 Å². The van der Waals surface area contributed by atoms with E-state index in [9.17, 15) is 9.59 Å². The number of nitrogens with one attached hydrogen (secondary N) is 2. The minimum absolute atomic E-state index is 0.0194. The lowest BCUT2D eigenvalue weighted by molar-refractivity contribution is -0.134. The summed E-state index contributed by atoms with van der Waals surface area (Å²) < 4.78 is 0. The molecule has 1 unspecified atom stereocenters. The van der Waals surface area contributed by atoms with Crippen LogP contribution < -0.4 is 10.8 Å². The number of thiophene rings is 1. The van der Waals surface area contributed by atoms with Gasteiger partial charge in [0.25, 0.3) is 11.8 Å². The molecule has 94 valence electrons. The van der Waals surface area contributed by atoms with E-state index in [0.29, 0.717) is 4.88 Å². The first-order valence-electron chi connectivity index (χ1n) is 5.23. The van der Waals surface area contributed by atoms with Gasteiger partial charge in [0.1, 0.15) is 6.04 Å². The molecule has 0 fully saturated rings. The first-order chi connectivity index (χ1) is 8.06. The van der Waals surface area contributed by atoms with Crippen LogP contribution in [0.5, 0.6) is 0 Å². The molecule has 5 nitrogen and oxygen atoms in total. The highest BCUT2D eigenvalue weighted by Gasteiger charge is 2.24. The summed E-state index contributed by atoms with van der Waals surface area (Å²) >= 11 is 1.33. The third-order valence-electron chi connectivity index (χ3n) is 2.18. The van der Waals surface area contributed by atoms with Gasteiger partial charge in [0, 0.05) is 0 Å². The zero-order valence-electron chi connectivity index (χ0n) is 10.0. The molecule has 1 aromatic rings. The monoisotopic (exact) mass is 256 g/mol. The Kier molecular flexibility index (Phi) is 5.11. The van der Waals surface area contributed by atoms with Gasteiger partial charge in [0.2, 0.25) is 0 Å². The summed E-state index contributed by atoms with van der Waals surface area (Å²) in [5.74, 6) is -0.619. The Balaban J connectivity index is 2.67. The Labute approximate surface area is 104 Å². The fraction of sp³-hybridized carbons (Fsp3) is 0.455. The second kappa shape index (κ2) is 6.36. The highest BCUT2D eigenvalue weighted by atomic mass is 32.1. The molecule has 0 saturated heterocycles. The molecule has 2 amide bonds. The van der Waals surface area contributed by atoms with E-state index < -0.39 is 6.04 Å². The van der Waals surface area contributed by atoms with Gasteiger partial charge in [-0.15, -0.1) is 11.3 Å². The Bertz CT molecular complexity index is 376. The van der Waals surface area contributed by atoms with E-state index in [1.54, 1.807) is 12.1 Å². The maximum absolute atomic E-state index is 11.8. The number of hydroxylamine groups is 1. The van der Waals surface area contributed by atoms with E-state index in [1.807, 2.05) is 19.2 Å². The highest BCUT2D eigenvalue weighted by molar-refractivity contribution is 7.12. The third kappa shape index (κ3) is 3.83. The van der Waals surface area contributed by atoms with E-state index in [1.165, 1.54) is 18.4 Å². The number of amides is 2. The maximum atomic E-state index is 11.8. The van der Waals surface area contributed by atoms with Gasteiger partial charge in [-0.3, -0.25) is 14.4 Å². The maximum Gasteiger partial charge on any atom is 0.266 e. The van der Waals surface area contributed by atoms with Crippen LogP contribution in [0.25, 0.3) is 0 Å². The molecule has 0 radical (unpaired) electrons. The van der Waals surface area contributed by atoms with Crippen LogP contribution in [-0.4, -0.2) is 25.0 Å². The zero-order chi connectivity index (χ0) is 12.8. The lowest BCUT2D eigenvalue weighted by atomic mass is 10.0. The van der Waals surface area contributed by atoms with Crippen LogP contribution >= 0.6 is 11.3 Å². The molecule has 1 rings (SSSR count). The fourth-order valence-electron chi connectivity index (χ4n) is 1.32. The molecular weight excluding hydrogens is 240 g/mol. The Morgan fingerprint density at radius 1 is 1.41 bits per heavy atom. The molecule has 0 saturated carbocycles. The Hall–Kier alpha value is -1.40. The Morgan fingerprint density at radius 3 is 2.59 bits per heavy atom. The summed E-state index contributed by atoms with van der Waals surface area (Å²) in [4.78, 5) is 28.6. The van der Waals surface area contributed by atoms with Crippen LogP contribution in [0.3, 0.4) is 0 Å². The first-order valence-corrected chi connectivity index (χ1v) is 6.11. The minimum atomic E-state index is -0.607. The van der Waals surface area contributed by atoms with Crippen LogP contribution in [0, 0.1) is 5.92 Å². The molecule has 0 bridgehead atoms. The van der Waals surface area contributed by atoms with Gasteiger partial charge in [0.05, 0.1) is 12.0 Å². The number of carbonyl (C=O) groups excluding carboxylic acids is 2. The van der Waals surface area contributed by atoms with Crippen LogP contribution in [0.15, 0.2) is 17.5 Å². The molecule has 0 aliphatic carbocycles. The summed E-state index contributed by atoms with van der Waals surface area (Å²) in [5, 5.41) is 4.50. The van der Waals surface area contributed by atoms with E-state index in [0.717, 1.165) is 0 Å². The summed E-state index contributed by atoms with van der Waals surface area (Å²) in [5.41, 5.74) is 2.23. The zero-order valence-corrected chi connectivity index (χ0v) is 10.8. The second-order valence-corrected chi connectivity index (χ2v) is 4.79. The molecule has 1 aromatic heterocycles. The van der Waals surface area contributed by atoms with Crippen molar-refractivity contribution < 1.29 is 14.4 Å². The molecule has 17 heavy (non-hydrogen) atoms.